The van der Waals surface area contributed by atoms with Crippen LogP contribution in [0, 0.1) is 12.8 Å². The number of aryl methyl sites for hydroxylation is 1. The average Bonchev–Trinajstić information content (AvgIpc) is 3.12. The fraction of sp³-hybridized carbons (Fsp3) is 0.360. The van der Waals surface area contributed by atoms with Gasteiger partial charge >= 0.3 is 0 Å². The lowest BCUT2D eigenvalue weighted by molar-refractivity contribution is 0.879. The molecule has 0 saturated heterocycles. The van der Waals surface area contributed by atoms with Gasteiger partial charge in [0.2, 0.25) is 0 Å². The lowest BCUT2D eigenvalue weighted by Gasteiger charge is -2.23. The molecule has 2 heterocycles. The van der Waals surface area contributed by atoms with Crippen LogP contribution in [0.5, 0.6) is 0 Å². The second-order valence-electron chi connectivity index (χ2n) is 6.95. The molecule has 0 aromatic carbocycles. The summed E-state index contributed by atoms with van der Waals surface area (Å²) in [6, 6.07) is 4.38. The predicted molar refractivity (Wildman–Crippen MR) is 135 cm³/mol. The monoisotopic (exact) mass is 428 g/mol. The summed E-state index contributed by atoms with van der Waals surface area (Å²) in [5.41, 5.74) is 1.51. The van der Waals surface area contributed by atoms with Crippen LogP contribution in [0.1, 0.15) is 43.4 Å². The van der Waals surface area contributed by atoms with Crippen LogP contribution in [0.15, 0.2) is 76.1 Å². The van der Waals surface area contributed by atoms with Gasteiger partial charge in [-0.15, -0.1) is 34.9 Å². The van der Waals surface area contributed by atoms with Gasteiger partial charge in [-0.2, -0.15) is 0 Å². The molecule has 28 heavy (non-hydrogen) atoms. The van der Waals surface area contributed by atoms with E-state index >= 15 is 0 Å². The molecule has 3 heteroatoms. The molecular formula is C25H32S3. The predicted octanol–water partition coefficient (Wildman–Crippen LogP) is 8.81. The molecule has 0 spiro atoms. The van der Waals surface area contributed by atoms with Crippen LogP contribution in [0.4, 0.5) is 0 Å². The Morgan fingerprint density at radius 3 is 2.75 bits per heavy atom. The standard InChI is InChI=1S/C25H32S3/c1-6-10-22(13-8-14-23-18-17-21(4)27-23)25-16-9-15-24(28-25)19(2)11-7-12-20(3)26-5/h7-9,11-19,25H,6,10H2,1-5H3/b11-7+,14-8+,20-12-,22-13+. The highest BCUT2D eigenvalue weighted by atomic mass is 32.2. The van der Waals surface area contributed by atoms with Gasteiger partial charge in [-0.1, -0.05) is 74.4 Å². The lowest BCUT2D eigenvalue weighted by atomic mass is 10.0. The van der Waals surface area contributed by atoms with E-state index in [4.69, 9.17) is 0 Å². The number of hydrogen-bond acceptors (Lipinski definition) is 3. The van der Waals surface area contributed by atoms with Crippen LogP contribution < -0.4 is 0 Å². The zero-order chi connectivity index (χ0) is 20.4. The Hall–Kier alpha value is -1.16. The fourth-order valence-electron chi connectivity index (χ4n) is 2.87. The third kappa shape index (κ3) is 7.69. The summed E-state index contributed by atoms with van der Waals surface area (Å²) in [5, 5.41) is 0.439. The Kier molecular flexibility index (Phi) is 10.3. The molecule has 0 nitrogen and oxygen atoms in total. The number of thioether (sulfide) groups is 2. The minimum Gasteiger partial charge on any atom is -0.141 e. The average molecular weight is 429 g/mol. The summed E-state index contributed by atoms with van der Waals surface area (Å²) in [6.07, 6.45) is 24.8. The maximum atomic E-state index is 2.34. The lowest BCUT2D eigenvalue weighted by Crippen LogP contribution is -2.08. The van der Waals surface area contributed by atoms with E-state index in [9.17, 15) is 0 Å². The number of hydrogen-bond donors (Lipinski definition) is 0. The Balaban J connectivity index is 2.05. The first-order chi connectivity index (χ1) is 13.5. The molecule has 1 aromatic rings. The van der Waals surface area contributed by atoms with E-state index in [1.807, 2.05) is 23.1 Å². The zero-order valence-corrected chi connectivity index (χ0v) is 20.1. The molecular weight excluding hydrogens is 396 g/mol. The summed E-state index contributed by atoms with van der Waals surface area (Å²) in [4.78, 5) is 5.47. The molecule has 2 atom stereocenters. The minimum atomic E-state index is 0.439. The van der Waals surface area contributed by atoms with Gasteiger partial charge in [0.25, 0.3) is 0 Å². The fourth-order valence-corrected chi connectivity index (χ4v) is 5.14. The maximum absolute atomic E-state index is 2.34. The molecule has 0 N–H and O–H groups in total. The van der Waals surface area contributed by atoms with Crippen LogP contribution in [0.2, 0.25) is 0 Å². The molecule has 0 bridgehead atoms. The molecule has 150 valence electrons. The normalized spacial score (nSPS) is 19.6. The van der Waals surface area contributed by atoms with Gasteiger partial charge in [0, 0.05) is 20.9 Å². The number of allylic oxidation sites excluding steroid dienone is 9. The smallest absolute Gasteiger partial charge is 0.0487 e. The molecule has 1 aliphatic rings. The van der Waals surface area contributed by atoms with Crippen molar-refractivity contribution >= 4 is 40.9 Å². The van der Waals surface area contributed by atoms with E-state index < -0.39 is 0 Å². The highest BCUT2D eigenvalue weighted by Gasteiger charge is 2.18. The Morgan fingerprint density at radius 2 is 2.07 bits per heavy atom. The molecule has 0 saturated carbocycles. The minimum absolute atomic E-state index is 0.439. The topological polar surface area (TPSA) is 0 Å². The van der Waals surface area contributed by atoms with Gasteiger partial charge in [0.15, 0.2) is 0 Å². The molecule has 0 amide bonds. The zero-order valence-electron chi connectivity index (χ0n) is 17.6. The molecule has 1 aliphatic heterocycles. The van der Waals surface area contributed by atoms with Crippen molar-refractivity contribution in [3.8, 4) is 0 Å². The largest absolute Gasteiger partial charge is 0.141 e. The van der Waals surface area contributed by atoms with Crippen molar-refractivity contribution in [2.45, 2.75) is 45.8 Å². The molecule has 1 aromatic heterocycles. The van der Waals surface area contributed by atoms with Crippen LogP contribution in [-0.2, 0) is 0 Å². The van der Waals surface area contributed by atoms with E-state index in [-0.39, 0.29) is 0 Å². The molecule has 0 radical (unpaired) electrons. The summed E-state index contributed by atoms with van der Waals surface area (Å²) in [5.74, 6) is 0.441. The van der Waals surface area contributed by atoms with E-state index in [2.05, 4.69) is 101 Å². The SMILES string of the molecule is CCC/C(=C\C=C\c1ccc(C)s1)C1C=CC=C(C(C)/C=C/C=C(/C)SC)S1. The van der Waals surface area contributed by atoms with E-state index in [1.54, 1.807) is 11.8 Å². The van der Waals surface area contributed by atoms with E-state index in [1.165, 1.54) is 31.6 Å². The second kappa shape index (κ2) is 12.4. The first-order valence-corrected chi connectivity index (χ1v) is 12.8. The van der Waals surface area contributed by atoms with Gasteiger partial charge in [-0.05, 0) is 54.5 Å². The van der Waals surface area contributed by atoms with Gasteiger partial charge in [-0.3, -0.25) is 0 Å². The Morgan fingerprint density at radius 1 is 1.25 bits per heavy atom. The summed E-state index contributed by atoms with van der Waals surface area (Å²) >= 11 is 5.64. The molecule has 2 unspecified atom stereocenters. The van der Waals surface area contributed by atoms with Crippen molar-refractivity contribution < 1.29 is 0 Å². The Bertz CT molecular complexity index is 800. The van der Waals surface area contributed by atoms with Crippen molar-refractivity contribution in [1.29, 1.82) is 0 Å². The van der Waals surface area contributed by atoms with Crippen LogP contribution >= 0.6 is 34.9 Å². The quantitative estimate of drug-likeness (QED) is 0.360. The van der Waals surface area contributed by atoms with E-state index in [0.717, 1.165) is 6.42 Å². The summed E-state index contributed by atoms with van der Waals surface area (Å²) in [7, 11) is 0. The van der Waals surface area contributed by atoms with Gasteiger partial charge in [0.05, 0.1) is 0 Å². The van der Waals surface area contributed by atoms with Crippen molar-refractivity contribution in [3.63, 3.8) is 0 Å². The van der Waals surface area contributed by atoms with Crippen LogP contribution in [0.3, 0.4) is 0 Å². The first kappa shape index (κ1) is 23.1. The number of rotatable bonds is 9. The molecule has 0 aliphatic carbocycles. The van der Waals surface area contributed by atoms with Crippen molar-refractivity contribution in [2.75, 3.05) is 6.26 Å². The van der Waals surface area contributed by atoms with Gasteiger partial charge in [-0.25, -0.2) is 0 Å². The van der Waals surface area contributed by atoms with Crippen molar-refractivity contribution in [1.82, 2.24) is 0 Å². The highest BCUT2D eigenvalue weighted by molar-refractivity contribution is 8.04. The number of thiophene rings is 1. The first-order valence-electron chi connectivity index (χ1n) is 9.91. The third-order valence-corrected chi connectivity index (χ3v) is 7.79. The van der Waals surface area contributed by atoms with E-state index in [0.29, 0.717) is 11.2 Å². The third-order valence-electron chi connectivity index (χ3n) is 4.55. The van der Waals surface area contributed by atoms with Crippen molar-refractivity contribution in [3.05, 3.63) is 85.9 Å². The van der Waals surface area contributed by atoms with Crippen molar-refractivity contribution in [2.24, 2.45) is 5.92 Å². The molecule has 2 rings (SSSR count). The van der Waals surface area contributed by atoms with Crippen LogP contribution in [0.25, 0.3) is 6.08 Å². The summed E-state index contributed by atoms with van der Waals surface area (Å²) < 4.78 is 0. The van der Waals surface area contributed by atoms with Crippen LogP contribution in [-0.4, -0.2) is 11.5 Å². The maximum Gasteiger partial charge on any atom is 0.0487 e. The van der Waals surface area contributed by atoms with Gasteiger partial charge in [0.1, 0.15) is 0 Å². The summed E-state index contributed by atoms with van der Waals surface area (Å²) in [6.45, 7) is 8.86. The second-order valence-corrected chi connectivity index (χ2v) is 10.5. The highest BCUT2D eigenvalue weighted by Crippen LogP contribution is 2.37. The molecule has 0 fully saturated rings. The van der Waals surface area contributed by atoms with Gasteiger partial charge < -0.3 is 0 Å². The Labute approximate surface area is 184 Å².